The molecule has 0 spiro atoms. The summed E-state index contributed by atoms with van der Waals surface area (Å²) in [5.74, 6) is 0. The van der Waals surface area contributed by atoms with Crippen LogP contribution in [0.3, 0.4) is 0 Å². The molecule has 0 saturated carbocycles. The molecule has 0 aromatic heterocycles. The van der Waals surface area contributed by atoms with Crippen molar-refractivity contribution in [3.05, 3.63) is 0 Å². The molecule has 0 aliphatic carbocycles. The third-order valence-corrected chi connectivity index (χ3v) is 0. The zero-order valence-electron chi connectivity index (χ0n) is 2.51. The van der Waals surface area contributed by atoms with Gasteiger partial charge in [0.25, 0.3) is 0 Å². The summed E-state index contributed by atoms with van der Waals surface area (Å²) in [6, 6.07) is 0. The monoisotopic (exact) mass is 86.0 g/mol. The molecule has 0 rings (SSSR count). The van der Waals surface area contributed by atoms with Crippen LogP contribution in [0.15, 0.2) is 0 Å². The van der Waals surface area contributed by atoms with Crippen molar-refractivity contribution >= 4 is 0 Å². The summed E-state index contributed by atoms with van der Waals surface area (Å²) in [6.07, 6.45) is 0. The van der Waals surface area contributed by atoms with Crippen LogP contribution in [0.1, 0.15) is 6.92 Å². The smallest absolute Gasteiger partial charge is 0.0402 e. The van der Waals surface area contributed by atoms with Gasteiger partial charge in [0, 0.05) is 44.3 Å². The van der Waals surface area contributed by atoms with Gasteiger partial charge in [-0.2, -0.15) is 0 Å². The average Bonchev–Trinajstić information content (AvgIpc) is 0.918. The number of aliphatic hydroxyl groups is 1. The summed E-state index contributed by atoms with van der Waals surface area (Å²) in [5, 5.41) is 7.57. The molecule has 0 aromatic rings. The van der Waals surface area contributed by atoms with Crippen LogP contribution in [0.4, 0.5) is 0 Å². The number of hydrogen-bond acceptors (Lipinski definition) is 1. The van der Waals surface area contributed by atoms with Crippen molar-refractivity contribution in [1.82, 2.24) is 0 Å². The Labute approximate surface area is 56.0 Å². The van der Waals surface area contributed by atoms with Gasteiger partial charge in [0.15, 0.2) is 0 Å². The Morgan fingerprint density at radius 3 is 1.75 bits per heavy atom. The Bertz CT molecular complexity index is 6.00. The zero-order chi connectivity index (χ0) is 2.71. The predicted octanol–water partition coefficient (Wildman–Crippen LogP) is -0.00140. The van der Waals surface area contributed by atoms with Crippen molar-refractivity contribution in [1.29, 1.82) is 0 Å². The molecule has 0 aliphatic heterocycles. The van der Waals surface area contributed by atoms with Crippen molar-refractivity contribution in [2.75, 3.05) is 6.61 Å². The molecular formula is C2H6ArO. The molecule has 0 saturated heterocycles. The van der Waals surface area contributed by atoms with E-state index < -0.39 is 0 Å². The molecule has 0 atom stereocenters. The van der Waals surface area contributed by atoms with E-state index in [0.717, 1.165) is 0 Å². The van der Waals surface area contributed by atoms with Gasteiger partial charge in [-0.25, -0.2) is 0 Å². The van der Waals surface area contributed by atoms with Gasteiger partial charge < -0.3 is 5.11 Å². The van der Waals surface area contributed by atoms with E-state index in [9.17, 15) is 0 Å². The van der Waals surface area contributed by atoms with Crippen LogP contribution in [-0.2, 0) is 0 Å². The van der Waals surface area contributed by atoms with Crippen LogP contribution in [0.5, 0.6) is 0 Å². The van der Waals surface area contributed by atoms with Gasteiger partial charge >= 0.3 is 0 Å². The second kappa shape index (κ2) is 8.88. The molecule has 28 valence electrons. The van der Waals surface area contributed by atoms with E-state index >= 15 is 0 Å². The van der Waals surface area contributed by atoms with Gasteiger partial charge in [0.05, 0.1) is 0 Å². The maximum Gasteiger partial charge on any atom is 0.0402 e. The summed E-state index contributed by atoms with van der Waals surface area (Å²) in [7, 11) is 0. The first-order valence-electron chi connectivity index (χ1n) is 1.02. The van der Waals surface area contributed by atoms with Gasteiger partial charge in [0.1, 0.15) is 0 Å². The zero-order valence-corrected chi connectivity index (χ0v) is 3.21. The minimum absolute atomic E-state index is 0. The average molecular weight is 86.0 g/mol. The molecule has 0 radical (unpaired) electrons. The molecule has 4 heavy (non-hydrogen) atoms. The van der Waals surface area contributed by atoms with Crippen molar-refractivity contribution in [2.45, 2.75) is 6.92 Å². The van der Waals surface area contributed by atoms with Gasteiger partial charge in [-0.05, 0) is 6.92 Å². The molecule has 2 heteroatoms. The van der Waals surface area contributed by atoms with Crippen LogP contribution in [0.2, 0.25) is 0 Å². The van der Waals surface area contributed by atoms with Gasteiger partial charge in [0.2, 0.25) is 0 Å². The maximum atomic E-state index is 7.57. The van der Waals surface area contributed by atoms with Crippen LogP contribution in [-0.4, -0.2) is 11.7 Å². The standard InChI is InChI=1S/C2H6O.Ar/c1-2-3;/h3H,2H2,1H3;. The number of aliphatic hydroxyl groups excluding tert-OH is 1. The summed E-state index contributed by atoms with van der Waals surface area (Å²) in [6.45, 7) is 1.93. The second-order valence-electron chi connectivity index (χ2n) is 0.316. The number of hydrogen-bond donors (Lipinski definition) is 1. The van der Waals surface area contributed by atoms with Gasteiger partial charge in [-0.15, -0.1) is 0 Å². The molecule has 1 nitrogen and oxygen atoms in total. The van der Waals surface area contributed by atoms with Crippen LogP contribution >= 0.6 is 0 Å². The van der Waals surface area contributed by atoms with E-state index in [2.05, 4.69) is 0 Å². The molecule has 0 bridgehead atoms. The van der Waals surface area contributed by atoms with Gasteiger partial charge in [-0.3, -0.25) is 0 Å². The fourth-order valence-electron chi connectivity index (χ4n) is 0. The van der Waals surface area contributed by atoms with Crippen molar-refractivity contribution < 1.29 is 42.8 Å². The van der Waals surface area contributed by atoms with E-state index in [1.165, 1.54) is 0 Å². The summed E-state index contributed by atoms with van der Waals surface area (Å²) >= 11 is 0. The number of rotatable bonds is 0. The van der Waals surface area contributed by atoms with E-state index in [0.29, 0.717) is 0 Å². The Morgan fingerprint density at radius 1 is 1.75 bits per heavy atom. The van der Waals surface area contributed by atoms with Gasteiger partial charge in [-0.1, -0.05) is 0 Å². The fraction of sp³-hybridized carbons (Fsp3) is 1.00. The molecular weight excluding hydrogens is 80.0 g/mol. The topological polar surface area (TPSA) is 20.2 Å². The van der Waals surface area contributed by atoms with Crippen LogP contribution in [0.25, 0.3) is 0 Å². The van der Waals surface area contributed by atoms with Crippen LogP contribution in [0, 0.1) is 37.7 Å². The van der Waals surface area contributed by atoms with Crippen LogP contribution < -0.4 is 0 Å². The Balaban J connectivity index is 0. The maximum absolute atomic E-state index is 7.57. The minimum Gasteiger partial charge on any atom is -0.397 e. The van der Waals surface area contributed by atoms with Crippen molar-refractivity contribution in [2.24, 2.45) is 0 Å². The Hall–Kier alpha value is 1.22. The summed E-state index contributed by atoms with van der Waals surface area (Å²) in [5.41, 5.74) is 0. The molecule has 1 N–H and O–H groups in total. The molecule has 0 amide bonds. The van der Waals surface area contributed by atoms with E-state index in [1.807, 2.05) is 0 Å². The molecule has 0 unspecified atom stereocenters. The van der Waals surface area contributed by atoms with E-state index in [1.54, 1.807) is 6.92 Å². The third kappa shape index (κ3) is 10.7. The van der Waals surface area contributed by atoms with E-state index in [-0.39, 0.29) is 44.3 Å². The molecule has 0 heterocycles. The quantitative estimate of drug-likeness (QED) is 0.440. The first-order valence-corrected chi connectivity index (χ1v) is 1.02. The Morgan fingerprint density at radius 2 is 1.75 bits per heavy atom. The summed E-state index contributed by atoms with van der Waals surface area (Å²) < 4.78 is 0. The van der Waals surface area contributed by atoms with Crippen molar-refractivity contribution in [3.8, 4) is 0 Å². The predicted molar refractivity (Wildman–Crippen MR) is 12.8 cm³/mol. The summed E-state index contributed by atoms with van der Waals surface area (Å²) in [4.78, 5) is 0. The minimum atomic E-state index is 0. The molecule has 0 aliphatic rings. The first kappa shape index (κ1) is 8.97. The normalized spacial score (nSPS) is 4.50. The second-order valence-corrected chi connectivity index (χ2v) is 0.316. The molecule has 0 aromatic carbocycles. The molecule has 0 fully saturated rings. The third-order valence-electron chi connectivity index (χ3n) is 0. The Kier molecular flexibility index (Phi) is 19.9. The SMILES string of the molecule is CCO.[Ar]. The largest absolute Gasteiger partial charge is 0.397 e. The fourth-order valence-corrected chi connectivity index (χ4v) is 0. The first-order chi connectivity index (χ1) is 1.41. The van der Waals surface area contributed by atoms with Crippen molar-refractivity contribution in [3.63, 3.8) is 0 Å². The van der Waals surface area contributed by atoms with E-state index in [4.69, 9.17) is 5.11 Å².